The molecule has 0 bridgehead atoms. The van der Waals surface area contributed by atoms with Crippen LogP contribution in [0.4, 0.5) is 0 Å². The molecule has 4 N–H and O–H groups in total. The summed E-state index contributed by atoms with van der Waals surface area (Å²) in [7, 11) is 0. The van der Waals surface area contributed by atoms with E-state index in [4.69, 9.17) is 0 Å². The molecule has 6 heteroatoms. The summed E-state index contributed by atoms with van der Waals surface area (Å²) < 4.78 is 1.99. The van der Waals surface area contributed by atoms with Crippen LogP contribution in [-0.4, -0.2) is 50.2 Å². The van der Waals surface area contributed by atoms with Crippen LogP contribution in [0.5, 0.6) is 0 Å². The molecule has 1 aromatic heterocycles. The SMILES string of the molecule is Cc1ncc(CNC(CO)(CO)CO)n1-c1ccccc1. The summed E-state index contributed by atoms with van der Waals surface area (Å²) in [5, 5.41) is 31.0. The average molecular weight is 291 g/mol. The zero-order valence-corrected chi connectivity index (χ0v) is 12.0. The lowest BCUT2D eigenvalue weighted by Gasteiger charge is -2.29. The molecule has 0 amide bonds. The maximum absolute atomic E-state index is 9.34. The highest BCUT2D eigenvalue weighted by Gasteiger charge is 2.27. The van der Waals surface area contributed by atoms with E-state index in [2.05, 4.69) is 10.3 Å². The molecular weight excluding hydrogens is 270 g/mol. The zero-order chi connectivity index (χ0) is 15.3. The summed E-state index contributed by atoms with van der Waals surface area (Å²) in [5.74, 6) is 0.848. The van der Waals surface area contributed by atoms with Gasteiger partial charge in [0.15, 0.2) is 0 Å². The van der Waals surface area contributed by atoms with Crippen LogP contribution in [0.1, 0.15) is 11.5 Å². The Morgan fingerprint density at radius 1 is 1.10 bits per heavy atom. The van der Waals surface area contributed by atoms with Gasteiger partial charge in [-0.3, -0.25) is 9.88 Å². The first-order chi connectivity index (χ1) is 10.2. The van der Waals surface area contributed by atoms with Crippen LogP contribution in [-0.2, 0) is 6.54 Å². The van der Waals surface area contributed by atoms with Gasteiger partial charge in [-0.05, 0) is 19.1 Å². The summed E-state index contributed by atoms with van der Waals surface area (Å²) in [5.41, 5.74) is 0.782. The molecule has 0 fully saturated rings. The molecular formula is C15H21N3O3. The number of aromatic nitrogens is 2. The quantitative estimate of drug-likeness (QED) is 0.576. The van der Waals surface area contributed by atoms with Crippen LogP contribution in [0.15, 0.2) is 36.5 Å². The third-order valence-electron chi connectivity index (χ3n) is 3.58. The fourth-order valence-electron chi connectivity index (χ4n) is 2.14. The van der Waals surface area contributed by atoms with Crippen LogP contribution in [0, 0.1) is 6.92 Å². The lowest BCUT2D eigenvalue weighted by atomic mass is 10.0. The van der Waals surface area contributed by atoms with E-state index in [0.29, 0.717) is 6.54 Å². The molecule has 0 spiro atoms. The number of hydrogen-bond acceptors (Lipinski definition) is 5. The molecule has 0 aliphatic heterocycles. The van der Waals surface area contributed by atoms with E-state index in [1.54, 1.807) is 6.20 Å². The Morgan fingerprint density at radius 2 is 1.71 bits per heavy atom. The second-order valence-electron chi connectivity index (χ2n) is 5.08. The Labute approximate surface area is 123 Å². The number of nitrogens with zero attached hydrogens (tertiary/aromatic N) is 2. The topological polar surface area (TPSA) is 90.5 Å². The number of aliphatic hydroxyl groups excluding tert-OH is 3. The summed E-state index contributed by atoms with van der Waals surface area (Å²) >= 11 is 0. The molecule has 21 heavy (non-hydrogen) atoms. The van der Waals surface area contributed by atoms with Gasteiger partial charge in [0.1, 0.15) is 5.82 Å². The smallest absolute Gasteiger partial charge is 0.110 e. The van der Waals surface area contributed by atoms with Gasteiger partial charge in [-0.1, -0.05) is 18.2 Å². The Bertz CT molecular complexity index is 557. The third kappa shape index (κ3) is 3.30. The van der Waals surface area contributed by atoms with E-state index < -0.39 is 5.54 Å². The van der Waals surface area contributed by atoms with E-state index >= 15 is 0 Å². The molecule has 0 unspecified atom stereocenters. The Morgan fingerprint density at radius 3 is 2.29 bits per heavy atom. The molecule has 0 saturated carbocycles. The van der Waals surface area contributed by atoms with Crippen molar-refractivity contribution in [1.82, 2.24) is 14.9 Å². The number of benzene rings is 1. The minimum atomic E-state index is -1.10. The van der Waals surface area contributed by atoms with E-state index in [0.717, 1.165) is 17.2 Å². The summed E-state index contributed by atoms with van der Waals surface area (Å²) in [6.07, 6.45) is 1.74. The number of nitrogens with one attached hydrogen (secondary N) is 1. The average Bonchev–Trinajstić information content (AvgIpc) is 2.91. The Hall–Kier alpha value is -1.73. The molecule has 0 aliphatic rings. The molecule has 0 saturated heterocycles. The van der Waals surface area contributed by atoms with Crippen molar-refractivity contribution in [2.45, 2.75) is 19.0 Å². The highest BCUT2D eigenvalue weighted by atomic mass is 16.3. The summed E-state index contributed by atoms with van der Waals surface area (Å²) in [4.78, 5) is 4.31. The van der Waals surface area contributed by atoms with Crippen molar-refractivity contribution in [2.75, 3.05) is 19.8 Å². The van der Waals surface area contributed by atoms with Crippen LogP contribution < -0.4 is 5.32 Å². The number of rotatable bonds is 7. The van der Waals surface area contributed by atoms with Gasteiger partial charge in [-0.25, -0.2) is 4.98 Å². The molecule has 0 aliphatic carbocycles. The van der Waals surface area contributed by atoms with Gasteiger partial charge in [0, 0.05) is 12.2 Å². The predicted octanol–water partition coefficient (Wildman–Crippen LogP) is -0.0140. The predicted molar refractivity (Wildman–Crippen MR) is 79.1 cm³/mol. The van der Waals surface area contributed by atoms with Crippen LogP contribution in [0.25, 0.3) is 5.69 Å². The van der Waals surface area contributed by atoms with Crippen molar-refractivity contribution < 1.29 is 15.3 Å². The minimum absolute atomic E-state index is 0.349. The van der Waals surface area contributed by atoms with Crippen molar-refractivity contribution in [3.8, 4) is 5.69 Å². The third-order valence-corrected chi connectivity index (χ3v) is 3.58. The Balaban J connectivity index is 2.23. The molecule has 6 nitrogen and oxygen atoms in total. The van der Waals surface area contributed by atoms with E-state index in [1.165, 1.54) is 0 Å². The number of para-hydroxylation sites is 1. The number of aryl methyl sites for hydroxylation is 1. The molecule has 1 aromatic carbocycles. The maximum Gasteiger partial charge on any atom is 0.110 e. The maximum atomic E-state index is 9.34. The van der Waals surface area contributed by atoms with Crippen molar-refractivity contribution in [2.24, 2.45) is 0 Å². The first kappa shape index (κ1) is 15.7. The normalized spacial score (nSPS) is 11.8. The Kier molecular flexibility index (Phi) is 5.08. The second kappa shape index (κ2) is 6.82. The molecule has 1 heterocycles. The largest absolute Gasteiger partial charge is 0.394 e. The van der Waals surface area contributed by atoms with Gasteiger partial charge < -0.3 is 15.3 Å². The first-order valence-electron chi connectivity index (χ1n) is 6.82. The van der Waals surface area contributed by atoms with E-state index in [9.17, 15) is 15.3 Å². The van der Waals surface area contributed by atoms with Crippen LogP contribution >= 0.6 is 0 Å². The lowest BCUT2D eigenvalue weighted by molar-refractivity contribution is 0.0411. The molecule has 2 aromatic rings. The molecule has 0 atom stereocenters. The van der Waals surface area contributed by atoms with Gasteiger partial charge in [0.2, 0.25) is 0 Å². The number of aliphatic hydroxyl groups is 3. The van der Waals surface area contributed by atoms with Gasteiger partial charge in [0.05, 0.1) is 37.3 Å². The van der Waals surface area contributed by atoms with Gasteiger partial charge in [0.25, 0.3) is 0 Å². The van der Waals surface area contributed by atoms with Crippen molar-refractivity contribution in [3.05, 3.63) is 48.0 Å². The monoisotopic (exact) mass is 291 g/mol. The number of hydrogen-bond donors (Lipinski definition) is 4. The zero-order valence-electron chi connectivity index (χ0n) is 12.0. The van der Waals surface area contributed by atoms with Crippen molar-refractivity contribution in [3.63, 3.8) is 0 Å². The van der Waals surface area contributed by atoms with Crippen molar-refractivity contribution >= 4 is 0 Å². The second-order valence-corrected chi connectivity index (χ2v) is 5.08. The minimum Gasteiger partial charge on any atom is -0.394 e. The fourth-order valence-corrected chi connectivity index (χ4v) is 2.14. The van der Waals surface area contributed by atoms with Gasteiger partial charge in [-0.15, -0.1) is 0 Å². The van der Waals surface area contributed by atoms with Gasteiger partial charge in [-0.2, -0.15) is 0 Å². The highest BCUT2D eigenvalue weighted by Crippen LogP contribution is 2.15. The number of imidazole rings is 1. The summed E-state index contributed by atoms with van der Waals surface area (Å²) in [6, 6.07) is 9.81. The molecule has 114 valence electrons. The van der Waals surface area contributed by atoms with E-state index in [-0.39, 0.29) is 19.8 Å². The first-order valence-corrected chi connectivity index (χ1v) is 6.82. The lowest BCUT2D eigenvalue weighted by Crippen LogP contribution is -2.54. The molecule has 0 radical (unpaired) electrons. The standard InChI is InChI=1S/C15H21N3O3/c1-12-16-7-14(8-17-15(9-19,10-20)11-21)18(12)13-5-3-2-4-6-13/h2-7,17,19-21H,8-11H2,1H3. The summed E-state index contributed by atoms with van der Waals surface area (Å²) in [6.45, 7) is 1.24. The van der Waals surface area contributed by atoms with E-state index in [1.807, 2.05) is 41.8 Å². The fraction of sp³-hybridized carbons (Fsp3) is 0.400. The highest BCUT2D eigenvalue weighted by molar-refractivity contribution is 5.35. The van der Waals surface area contributed by atoms with Crippen LogP contribution in [0.2, 0.25) is 0 Å². The molecule has 2 rings (SSSR count). The van der Waals surface area contributed by atoms with Crippen molar-refractivity contribution in [1.29, 1.82) is 0 Å². The van der Waals surface area contributed by atoms with Crippen LogP contribution in [0.3, 0.4) is 0 Å². The van der Waals surface area contributed by atoms with Gasteiger partial charge >= 0.3 is 0 Å².